The molecular weight excluding hydrogens is 253 g/mol. The summed E-state index contributed by atoms with van der Waals surface area (Å²) in [6.45, 7) is 2.97. The Morgan fingerprint density at radius 3 is 3.05 bits per heavy atom. The third-order valence-electron chi connectivity index (χ3n) is 5.27. The number of fused-ring (bicyclic) bond motifs is 1. The average Bonchev–Trinajstić information content (AvgIpc) is 2.93. The Hall–Kier alpha value is -1.13. The maximum atomic E-state index is 13.5. The summed E-state index contributed by atoms with van der Waals surface area (Å²) in [4.78, 5) is 4.80. The van der Waals surface area contributed by atoms with E-state index in [2.05, 4.69) is 16.8 Å². The molecule has 0 spiro atoms. The molecule has 2 fully saturated rings. The molecular formula is C16H24FN3. The van der Waals surface area contributed by atoms with Crippen LogP contribution in [-0.4, -0.2) is 43.2 Å². The summed E-state index contributed by atoms with van der Waals surface area (Å²) in [6.07, 6.45) is 4.73. The number of piperidine rings is 1. The summed E-state index contributed by atoms with van der Waals surface area (Å²) < 4.78 is 13.5. The SMILES string of the molecule is CN(c1cccc(F)c1)C1(CN)CCN2CCCC2C1. The number of nitrogens with zero attached hydrogens (tertiary/aromatic N) is 2. The van der Waals surface area contributed by atoms with E-state index in [0.29, 0.717) is 12.6 Å². The van der Waals surface area contributed by atoms with Crippen molar-refractivity contribution in [3.05, 3.63) is 30.1 Å². The number of anilines is 1. The van der Waals surface area contributed by atoms with Crippen molar-refractivity contribution in [2.24, 2.45) is 5.73 Å². The van der Waals surface area contributed by atoms with Crippen LogP contribution in [0.15, 0.2) is 24.3 Å². The van der Waals surface area contributed by atoms with E-state index in [1.807, 2.05) is 6.07 Å². The van der Waals surface area contributed by atoms with Gasteiger partial charge in [0.15, 0.2) is 0 Å². The topological polar surface area (TPSA) is 32.5 Å². The van der Waals surface area contributed by atoms with E-state index >= 15 is 0 Å². The van der Waals surface area contributed by atoms with Crippen molar-refractivity contribution in [3.8, 4) is 0 Å². The molecule has 0 saturated carbocycles. The normalized spacial score (nSPS) is 30.2. The Kier molecular flexibility index (Phi) is 3.69. The molecule has 2 saturated heterocycles. The Balaban J connectivity index is 1.85. The zero-order valence-corrected chi connectivity index (χ0v) is 12.2. The van der Waals surface area contributed by atoms with Crippen LogP contribution in [-0.2, 0) is 0 Å². The van der Waals surface area contributed by atoms with Gasteiger partial charge in [0, 0.05) is 31.9 Å². The van der Waals surface area contributed by atoms with Gasteiger partial charge in [-0.3, -0.25) is 0 Å². The molecule has 1 aromatic carbocycles. The molecule has 20 heavy (non-hydrogen) atoms. The lowest BCUT2D eigenvalue weighted by Crippen LogP contribution is -2.60. The molecule has 1 aromatic rings. The lowest BCUT2D eigenvalue weighted by molar-refractivity contribution is 0.131. The predicted molar refractivity (Wildman–Crippen MR) is 80.4 cm³/mol. The van der Waals surface area contributed by atoms with Gasteiger partial charge in [-0.25, -0.2) is 4.39 Å². The van der Waals surface area contributed by atoms with Crippen LogP contribution in [0.3, 0.4) is 0 Å². The quantitative estimate of drug-likeness (QED) is 0.919. The molecule has 0 radical (unpaired) electrons. The summed E-state index contributed by atoms with van der Waals surface area (Å²) >= 11 is 0. The number of nitrogens with two attached hydrogens (primary N) is 1. The third kappa shape index (κ3) is 2.31. The van der Waals surface area contributed by atoms with Crippen molar-refractivity contribution < 1.29 is 4.39 Å². The van der Waals surface area contributed by atoms with Gasteiger partial charge in [-0.2, -0.15) is 0 Å². The van der Waals surface area contributed by atoms with Crippen molar-refractivity contribution in [2.75, 3.05) is 31.6 Å². The molecule has 3 nitrogen and oxygen atoms in total. The summed E-state index contributed by atoms with van der Waals surface area (Å²) in [6, 6.07) is 7.51. The zero-order chi connectivity index (χ0) is 14.2. The lowest BCUT2D eigenvalue weighted by atomic mass is 9.81. The van der Waals surface area contributed by atoms with E-state index in [9.17, 15) is 4.39 Å². The molecule has 4 heteroatoms. The maximum absolute atomic E-state index is 13.5. The number of likely N-dealkylation sites (N-methyl/N-ethyl adjacent to an activating group) is 1. The minimum Gasteiger partial charge on any atom is -0.367 e. The monoisotopic (exact) mass is 277 g/mol. The highest BCUT2D eigenvalue weighted by Gasteiger charge is 2.43. The van der Waals surface area contributed by atoms with Crippen LogP contribution < -0.4 is 10.6 Å². The van der Waals surface area contributed by atoms with E-state index in [1.165, 1.54) is 25.5 Å². The molecule has 2 aliphatic heterocycles. The van der Waals surface area contributed by atoms with Gasteiger partial charge in [-0.15, -0.1) is 0 Å². The fraction of sp³-hybridized carbons (Fsp3) is 0.625. The lowest BCUT2D eigenvalue weighted by Gasteiger charge is -2.49. The van der Waals surface area contributed by atoms with Crippen LogP contribution in [0.5, 0.6) is 0 Å². The van der Waals surface area contributed by atoms with E-state index < -0.39 is 0 Å². The Labute approximate surface area is 120 Å². The highest BCUT2D eigenvalue weighted by molar-refractivity contribution is 5.49. The van der Waals surface area contributed by atoms with Crippen molar-refractivity contribution in [2.45, 2.75) is 37.3 Å². The smallest absolute Gasteiger partial charge is 0.125 e. The molecule has 0 aromatic heterocycles. The second-order valence-corrected chi connectivity index (χ2v) is 6.25. The first-order valence-corrected chi connectivity index (χ1v) is 7.58. The predicted octanol–water partition coefficient (Wildman–Crippen LogP) is 2.22. The first kappa shape index (κ1) is 13.8. The number of halogens is 1. The van der Waals surface area contributed by atoms with Crippen molar-refractivity contribution in [1.82, 2.24) is 4.90 Å². The van der Waals surface area contributed by atoms with Crippen molar-refractivity contribution in [1.29, 1.82) is 0 Å². The van der Waals surface area contributed by atoms with Crippen LogP contribution in [0.4, 0.5) is 10.1 Å². The van der Waals surface area contributed by atoms with Crippen LogP contribution in [0, 0.1) is 5.82 Å². The van der Waals surface area contributed by atoms with E-state index in [4.69, 9.17) is 5.73 Å². The number of rotatable bonds is 3. The van der Waals surface area contributed by atoms with Crippen molar-refractivity contribution >= 4 is 5.69 Å². The van der Waals surface area contributed by atoms with Gasteiger partial charge in [-0.1, -0.05) is 6.07 Å². The summed E-state index contributed by atoms with van der Waals surface area (Å²) in [5, 5.41) is 0. The zero-order valence-electron chi connectivity index (χ0n) is 12.2. The van der Waals surface area contributed by atoms with Gasteiger partial charge < -0.3 is 15.5 Å². The van der Waals surface area contributed by atoms with E-state index in [0.717, 1.165) is 25.1 Å². The molecule has 2 heterocycles. The van der Waals surface area contributed by atoms with Gasteiger partial charge in [0.05, 0.1) is 5.54 Å². The second kappa shape index (κ2) is 5.34. The molecule has 110 valence electrons. The molecule has 2 N–H and O–H groups in total. The highest BCUT2D eigenvalue weighted by Crippen LogP contribution is 2.37. The Morgan fingerprint density at radius 2 is 2.30 bits per heavy atom. The number of benzene rings is 1. The summed E-state index contributed by atoms with van der Waals surface area (Å²) in [7, 11) is 2.06. The Morgan fingerprint density at radius 1 is 1.45 bits per heavy atom. The van der Waals surface area contributed by atoms with Gasteiger partial charge in [-0.05, 0) is 50.4 Å². The fourth-order valence-corrected chi connectivity index (χ4v) is 3.90. The maximum Gasteiger partial charge on any atom is 0.125 e. The first-order chi connectivity index (χ1) is 9.64. The number of hydrogen-bond acceptors (Lipinski definition) is 3. The van der Waals surface area contributed by atoms with E-state index in [1.54, 1.807) is 12.1 Å². The van der Waals surface area contributed by atoms with Gasteiger partial charge in [0.1, 0.15) is 5.82 Å². The van der Waals surface area contributed by atoms with E-state index in [-0.39, 0.29) is 11.4 Å². The molecule has 0 aliphatic carbocycles. The summed E-state index contributed by atoms with van der Waals surface area (Å²) in [5.74, 6) is -0.181. The average molecular weight is 277 g/mol. The first-order valence-electron chi connectivity index (χ1n) is 7.58. The molecule has 2 aliphatic rings. The van der Waals surface area contributed by atoms with Crippen LogP contribution >= 0.6 is 0 Å². The van der Waals surface area contributed by atoms with Crippen LogP contribution in [0.1, 0.15) is 25.7 Å². The van der Waals surface area contributed by atoms with Crippen LogP contribution in [0.2, 0.25) is 0 Å². The molecule has 3 rings (SSSR count). The van der Waals surface area contributed by atoms with Crippen LogP contribution in [0.25, 0.3) is 0 Å². The minimum atomic E-state index is -0.181. The minimum absolute atomic E-state index is 0.0285. The standard InChI is InChI=1S/C16H24FN3/c1-19(14-5-2-4-13(17)10-14)16(12-18)7-9-20-8-3-6-15(20)11-16/h2,4-5,10,15H,3,6-9,11-12,18H2,1H3. The third-order valence-corrected chi connectivity index (χ3v) is 5.27. The largest absolute Gasteiger partial charge is 0.367 e. The summed E-state index contributed by atoms with van der Waals surface area (Å²) in [5.41, 5.74) is 7.05. The van der Waals surface area contributed by atoms with Gasteiger partial charge in [0.2, 0.25) is 0 Å². The van der Waals surface area contributed by atoms with Gasteiger partial charge in [0.25, 0.3) is 0 Å². The molecule has 0 amide bonds. The van der Waals surface area contributed by atoms with Gasteiger partial charge >= 0.3 is 0 Å². The fourth-order valence-electron chi connectivity index (χ4n) is 3.90. The second-order valence-electron chi connectivity index (χ2n) is 6.25. The Bertz CT molecular complexity index is 479. The number of hydrogen-bond donors (Lipinski definition) is 1. The molecule has 2 atom stereocenters. The molecule has 0 bridgehead atoms. The van der Waals surface area contributed by atoms with Crippen molar-refractivity contribution in [3.63, 3.8) is 0 Å². The highest BCUT2D eigenvalue weighted by atomic mass is 19.1. The molecule has 2 unspecified atom stereocenters.